The Bertz CT molecular complexity index is 602. The summed E-state index contributed by atoms with van der Waals surface area (Å²) in [6.07, 6.45) is 0.418. The summed E-state index contributed by atoms with van der Waals surface area (Å²) in [4.78, 5) is 35.5. The molecule has 1 aliphatic rings. The summed E-state index contributed by atoms with van der Waals surface area (Å²) >= 11 is 0. The maximum Gasteiger partial charge on any atom is 0.299 e. The van der Waals surface area contributed by atoms with E-state index in [-0.39, 0.29) is 36.5 Å². The molecule has 20 heavy (non-hydrogen) atoms. The number of halogens is 2. The van der Waals surface area contributed by atoms with Crippen LogP contribution in [0.1, 0.15) is 23.2 Å². The number of hydrogen-bond acceptors (Lipinski definition) is 3. The number of benzene rings is 1. The summed E-state index contributed by atoms with van der Waals surface area (Å²) in [5, 5.41) is 2.42. The number of carbonyl (C=O) groups is 3. The van der Waals surface area contributed by atoms with E-state index in [0.29, 0.717) is 6.07 Å². The van der Waals surface area contributed by atoms with Gasteiger partial charge in [0, 0.05) is 26.1 Å². The Labute approximate surface area is 113 Å². The van der Waals surface area contributed by atoms with Crippen molar-refractivity contribution in [3.05, 3.63) is 29.3 Å². The Hall–Kier alpha value is -2.31. The van der Waals surface area contributed by atoms with Crippen LogP contribution in [-0.4, -0.2) is 31.2 Å². The van der Waals surface area contributed by atoms with Crippen LogP contribution in [0.3, 0.4) is 0 Å². The lowest BCUT2D eigenvalue weighted by atomic mass is 10.1. The van der Waals surface area contributed by atoms with Crippen LogP contribution < -0.4 is 10.2 Å². The molecule has 0 saturated heterocycles. The maximum atomic E-state index is 13.7. The van der Waals surface area contributed by atoms with Crippen LogP contribution in [0, 0.1) is 11.6 Å². The smallest absolute Gasteiger partial charge is 0.299 e. The zero-order chi connectivity index (χ0) is 14.9. The Balaban J connectivity index is 2.22. The highest BCUT2D eigenvalue weighted by Crippen LogP contribution is 2.32. The van der Waals surface area contributed by atoms with E-state index in [1.165, 1.54) is 7.05 Å². The van der Waals surface area contributed by atoms with Gasteiger partial charge in [-0.2, -0.15) is 0 Å². The van der Waals surface area contributed by atoms with Crippen molar-refractivity contribution >= 4 is 23.3 Å². The SMILES string of the molecule is CNC(=O)CCCN1C(=O)C(=O)c2cc(F)cc(F)c21. The van der Waals surface area contributed by atoms with E-state index in [2.05, 4.69) is 5.32 Å². The first kappa shape index (κ1) is 14.1. The first-order chi connectivity index (χ1) is 9.45. The molecule has 1 N–H and O–H groups in total. The van der Waals surface area contributed by atoms with Gasteiger partial charge >= 0.3 is 0 Å². The van der Waals surface area contributed by atoms with Crippen LogP contribution in [0.15, 0.2) is 12.1 Å². The summed E-state index contributed by atoms with van der Waals surface area (Å²) in [6.45, 7) is 0.0214. The Morgan fingerprint density at radius 3 is 2.65 bits per heavy atom. The molecule has 1 heterocycles. The number of carbonyl (C=O) groups excluding carboxylic acids is 3. The topological polar surface area (TPSA) is 66.5 Å². The molecule has 1 aliphatic heterocycles. The van der Waals surface area contributed by atoms with Crippen LogP contribution >= 0.6 is 0 Å². The van der Waals surface area contributed by atoms with Crippen molar-refractivity contribution in [2.45, 2.75) is 12.8 Å². The minimum absolute atomic E-state index is 0.0214. The van der Waals surface area contributed by atoms with Gasteiger partial charge in [0.15, 0.2) is 5.82 Å². The molecule has 0 radical (unpaired) electrons. The summed E-state index contributed by atoms with van der Waals surface area (Å²) in [6, 6.07) is 1.47. The number of rotatable bonds is 4. The van der Waals surface area contributed by atoms with Crippen molar-refractivity contribution in [3.8, 4) is 0 Å². The Morgan fingerprint density at radius 1 is 1.30 bits per heavy atom. The zero-order valence-electron chi connectivity index (χ0n) is 10.7. The molecule has 1 aromatic carbocycles. The molecule has 2 amide bonds. The number of Topliss-reactive ketones (excluding diaryl/α,β-unsaturated/α-hetero) is 1. The molecule has 106 valence electrons. The van der Waals surface area contributed by atoms with E-state index in [0.717, 1.165) is 11.0 Å². The highest BCUT2D eigenvalue weighted by molar-refractivity contribution is 6.52. The molecule has 0 unspecified atom stereocenters. The molecule has 0 saturated carbocycles. The van der Waals surface area contributed by atoms with Gasteiger partial charge in [-0.15, -0.1) is 0 Å². The van der Waals surface area contributed by atoms with Crippen LogP contribution in [0.2, 0.25) is 0 Å². The lowest BCUT2D eigenvalue weighted by molar-refractivity contribution is -0.121. The fourth-order valence-corrected chi connectivity index (χ4v) is 2.09. The highest BCUT2D eigenvalue weighted by atomic mass is 19.1. The molecule has 0 aromatic heterocycles. The number of amides is 2. The standard InChI is InChI=1S/C13H12F2N2O3/c1-16-10(18)3-2-4-17-11-8(12(19)13(17)20)5-7(14)6-9(11)15/h5-6H,2-4H2,1H3,(H,16,18). The molecule has 0 fully saturated rings. The third-order valence-corrected chi connectivity index (χ3v) is 3.05. The third kappa shape index (κ3) is 2.38. The Kier molecular flexibility index (Phi) is 3.78. The van der Waals surface area contributed by atoms with Gasteiger partial charge in [0.2, 0.25) is 5.91 Å². The molecule has 1 aromatic rings. The highest BCUT2D eigenvalue weighted by Gasteiger charge is 2.38. The van der Waals surface area contributed by atoms with Crippen molar-refractivity contribution in [1.82, 2.24) is 5.32 Å². The lowest BCUT2D eigenvalue weighted by Gasteiger charge is -2.16. The van der Waals surface area contributed by atoms with Gasteiger partial charge in [-0.25, -0.2) is 8.78 Å². The van der Waals surface area contributed by atoms with Crippen LogP contribution in [0.25, 0.3) is 0 Å². The predicted octanol–water partition coefficient (Wildman–Crippen LogP) is 1.02. The zero-order valence-corrected chi connectivity index (χ0v) is 10.7. The van der Waals surface area contributed by atoms with Crippen molar-refractivity contribution in [3.63, 3.8) is 0 Å². The average molecular weight is 282 g/mol. The normalized spacial score (nSPS) is 13.7. The van der Waals surface area contributed by atoms with E-state index >= 15 is 0 Å². The predicted molar refractivity (Wildman–Crippen MR) is 66.3 cm³/mol. The second kappa shape index (κ2) is 5.36. The largest absolute Gasteiger partial charge is 0.359 e. The van der Waals surface area contributed by atoms with Crippen molar-refractivity contribution < 1.29 is 23.2 Å². The van der Waals surface area contributed by atoms with E-state index in [1.54, 1.807) is 0 Å². The number of ketones is 1. The molecule has 0 aliphatic carbocycles. The first-order valence-corrected chi connectivity index (χ1v) is 6.01. The van der Waals surface area contributed by atoms with Gasteiger partial charge in [0.25, 0.3) is 11.7 Å². The monoisotopic (exact) mass is 282 g/mol. The number of nitrogens with one attached hydrogen (secondary N) is 1. The molecule has 2 rings (SSSR count). The van der Waals surface area contributed by atoms with E-state index in [1.807, 2.05) is 0 Å². The van der Waals surface area contributed by atoms with Crippen molar-refractivity contribution in [1.29, 1.82) is 0 Å². The van der Waals surface area contributed by atoms with Crippen LogP contribution in [0.4, 0.5) is 14.5 Å². The minimum Gasteiger partial charge on any atom is -0.359 e. The fourth-order valence-electron chi connectivity index (χ4n) is 2.09. The molecular weight excluding hydrogens is 270 g/mol. The van der Waals surface area contributed by atoms with Crippen LogP contribution in [-0.2, 0) is 9.59 Å². The van der Waals surface area contributed by atoms with Crippen LogP contribution in [0.5, 0.6) is 0 Å². The number of nitrogens with zero attached hydrogens (tertiary/aromatic N) is 1. The van der Waals surface area contributed by atoms with Gasteiger partial charge in [-0.05, 0) is 12.5 Å². The first-order valence-electron chi connectivity index (χ1n) is 6.01. The van der Waals surface area contributed by atoms with E-state index < -0.39 is 23.3 Å². The van der Waals surface area contributed by atoms with E-state index in [9.17, 15) is 23.2 Å². The second-order valence-corrected chi connectivity index (χ2v) is 4.35. The quantitative estimate of drug-likeness (QED) is 0.838. The Morgan fingerprint density at radius 2 is 2.00 bits per heavy atom. The molecule has 7 heteroatoms. The summed E-state index contributed by atoms with van der Waals surface area (Å²) < 4.78 is 26.8. The van der Waals surface area contributed by atoms with Crippen molar-refractivity contribution in [2.24, 2.45) is 0 Å². The third-order valence-electron chi connectivity index (χ3n) is 3.05. The number of anilines is 1. The number of fused-ring (bicyclic) bond motifs is 1. The minimum atomic E-state index is -0.959. The van der Waals surface area contributed by atoms with Crippen molar-refractivity contribution in [2.75, 3.05) is 18.5 Å². The van der Waals surface area contributed by atoms with Gasteiger partial charge in [0.1, 0.15) is 5.82 Å². The summed E-state index contributed by atoms with van der Waals surface area (Å²) in [5.74, 6) is -3.92. The molecule has 0 atom stereocenters. The van der Waals surface area contributed by atoms with Gasteiger partial charge in [-0.3, -0.25) is 14.4 Å². The fraction of sp³-hybridized carbons (Fsp3) is 0.308. The second-order valence-electron chi connectivity index (χ2n) is 4.35. The molecule has 0 spiro atoms. The molecular formula is C13H12F2N2O3. The molecule has 5 nitrogen and oxygen atoms in total. The van der Waals surface area contributed by atoms with Gasteiger partial charge < -0.3 is 10.2 Å². The average Bonchev–Trinajstić information content (AvgIpc) is 2.64. The van der Waals surface area contributed by atoms with E-state index in [4.69, 9.17) is 0 Å². The molecule has 0 bridgehead atoms. The van der Waals surface area contributed by atoms with Gasteiger partial charge in [-0.1, -0.05) is 0 Å². The number of hydrogen-bond donors (Lipinski definition) is 1. The maximum absolute atomic E-state index is 13.7. The van der Waals surface area contributed by atoms with Gasteiger partial charge in [0.05, 0.1) is 11.3 Å². The summed E-state index contributed by atoms with van der Waals surface area (Å²) in [5.41, 5.74) is -0.481. The lowest BCUT2D eigenvalue weighted by Crippen LogP contribution is -2.32. The summed E-state index contributed by atoms with van der Waals surface area (Å²) in [7, 11) is 1.48.